The first-order valence-corrected chi connectivity index (χ1v) is 16.8. The topological polar surface area (TPSA) is 159 Å². The van der Waals surface area contributed by atoms with Gasteiger partial charge in [0.2, 0.25) is 5.91 Å². The van der Waals surface area contributed by atoms with Crippen molar-refractivity contribution in [3.8, 4) is 0 Å². The number of nitrogens with one attached hydrogen (secondary N) is 3. The van der Waals surface area contributed by atoms with E-state index in [4.69, 9.17) is 0 Å². The van der Waals surface area contributed by atoms with Crippen molar-refractivity contribution in [3.05, 3.63) is 91.3 Å². The van der Waals surface area contributed by atoms with Gasteiger partial charge in [0.05, 0.1) is 35.6 Å². The van der Waals surface area contributed by atoms with Gasteiger partial charge in [-0.25, -0.2) is 19.9 Å². The molecule has 2 atom stereocenters. The monoisotopic (exact) mass is 660 g/mol. The van der Waals surface area contributed by atoms with Gasteiger partial charge in [-0.1, -0.05) is 44.2 Å². The number of thiazole rings is 2. The molecule has 0 radical (unpaired) electrons. The molecule has 4 bridgehead atoms. The minimum atomic E-state index is -0.550. The zero-order valence-electron chi connectivity index (χ0n) is 26.1. The fraction of sp³-hybridized carbons (Fsp3) is 0.375. The van der Waals surface area contributed by atoms with E-state index in [1.54, 1.807) is 24.6 Å². The second kappa shape index (κ2) is 14.7. The first-order chi connectivity index (χ1) is 22.1. The highest BCUT2D eigenvalue weighted by Crippen LogP contribution is 2.27. The maximum Gasteiger partial charge on any atom is 0.271 e. The summed E-state index contributed by atoms with van der Waals surface area (Å²) < 4.78 is 0. The summed E-state index contributed by atoms with van der Waals surface area (Å²) in [5.74, 6) is -1.51. The van der Waals surface area contributed by atoms with Crippen LogP contribution in [0.15, 0.2) is 47.4 Å². The Morgan fingerprint density at radius 2 is 1.59 bits per heavy atom. The number of carbonyl (C=O) groups is 4. The molecule has 0 aliphatic carbocycles. The molecule has 4 amide bonds. The molecule has 0 fully saturated rings. The van der Waals surface area contributed by atoms with Crippen LogP contribution in [0.5, 0.6) is 0 Å². The number of fused-ring (bicyclic) bond motifs is 4. The van der Waals surface area contributed by atoms with Crippen molar-refractivity contribution >= 4 is 46.3 Å². The molecule has 1 aliphatic rings. The minimum Gasteiger partial charge on any atom is -0.351 e. The Kier molecular flexibility index (Phi) is 10.5. The van der Waals surface area contributed by atoms with Crippen molar-refractivity contribution in [3.63, 3.8) is 0 Å². The Hall–Kier alpha value is -4.56. The summed E-state index contributed by atoms with van der Waals surface area (Å²) in [6.45, 7) is 7.60. The van der Waals surface area contributed by atoms with Gasteiger partial charge >= 0.3 is 0 Å². The summed E-state index contributed by atoms with van der Waals surface area (Å²) in [5.41, 5.74) is 2.80. The van der Waals surface area contributed by atoms with Crippen molar-refractivity contribution in [1.82, 2.24) is 40.8 Å². The molecule has 4 heterocycles. The van der Waals surface area contributed by atoms with E-state index >= 15 is 0 Å². The largest absolute Gasteiger partial charge is 0.351 e. The van der Waals surface area contributed by atoms with Crippen LogP contribution in [-0.4, -0.2) is 68.1 Å². The molecule has 12 nitrogen and oxygen atoms in total. The van der Waals surface area contributed by atoms with Crippen LogP contribution in [0.25, 0.3) is 0 Å². The van der Waals surface area contributed by atoms with Crippen LogP contribution in [0.2, 0.25) is 0 Å². The predicted octanol–water partition coefficient (Wildman–Crippen LogP) is 3.81. The van der Waals surface area contributed by atoms with Crippen LogP contribution in [-0.2, 0) is 11.2 Å². The molecule has 0 saturated carbocycles. The van der Waals surface area contributed by atoms with Crippen molar-refractivity contribution in [2.24, 2.45) is 5.92 Å². The summed E-state index contributed by atoms with van der Waals surface area (Å²) in [4.78, 5) is 72.8. The zero-order chi connectivity index (χ0) is 32.8. The van der Waals surface area contributed by atoms with Crippen molar-refractivity contribution in [2.75, 3.05) is 19.6 Å². The molecule has 0 spiro atoms. The lowest BCUT2D eigenvalue weighted by Crippen LogP contribution is -2.43. The van der Waals surface area contributed by atoms with Crippen LogP contribution in [0.1, 0.15) is 90.7 Å². The molecular weight excluding hydrogens is 625 g/mol. The molecule has 3 aromatic heterocycles. The third-order valence-corrected chi connectivity index (χ3v) is 9.48. The Balaban J connectivity index is 1.49. The summed E-state index contributed by atoms with van der Waals surface area (Å²) >= 11 is 2.59. The highest BCUT2D eigenvalue weighted by Gasteiger charge is 2.28. The molecule has 0 saturated heterocycles. The fourth-order valence-electron chi connectivity index (χ4n) is 5.15. The lowest BCUT2D eigenvalue weighted by Gasteiger charge is -2.25. The first kappa shape index (κ1) is 32.8. The molecule has 240 valence electrons. The van der Waals surface area contributed by atoms with E-state index < -0.39 is 12.1 Å². The van der Waals surface area contributed by atoms with Crippen LogP contribution in [0.3, 0.4) is 0 Å². The SMILES string of the molecule is Cc1ncnc(C)c1C(=O)N1CCCNC(=O)c2csc(n2)[C@H](C(C)C)NC(=O)c2csc(n2)[C@H](Cc2ccccc2)NC(=O)C1. The highest BCUT2D eigenvalue weighted by atomic mass is 32.1. The number of aromatic nitrogens is 4. The normalized spacial score (nSPS) is 18.2. The summed E-state index contributed by atoms with van der Waals surface area (Å²) in [6, 6.07) is 8.70. The van der Waals surface area contributed by atoms with Crippen LogP contribution in [0.4, 0.5) is 0 Å². The Labute approximate surface area is 275 Å². The first-order valence-electron chi connectivity index (χ1n) is 15.0. The fourth-order valence-corrected chi connectivity index (χ4v) is 7.02. The smallest absolute Gasteiger partial charge is 0.271 e. The third kappa shape index (κ3) is 7.80. The van der Waals surface area contributed by atoms with E-state index in [1.165, 1.54) is 33.9 Å². The lowest BCUT2D eigenvalue weighted by molar-refractivity contribution is -0.122. The lowest BCUT2D eigenvalue weighted by atomic mass is 10.0. The molecule has 4 aromatic rings. The summed E-state index contributed by atoms with van der Waals surface area (Å²) in [7, 11) is 0. The van der Waals surface area contributed by atoms with Crippen molar-refractivity contribution in [2.45, 2.75) is 52.6 Å². The van der Waals surface area contributed by atoms with E-state index in [1.807, 2.05) is 44.2 Å². The molecule has 14 heteroatoms. The summed E-state index contributed by atoms with van der Waals surface area (Å²) in [6.07, 6.45) is 2.22. The van der Waals surface area contributed by atoms with Gasteiger partial charge in [0.1, 0.15) is 27.7 Å². The molecule has 5 rings (SSSR count). The molecule has 3 N–H and O–H groups in total. The van der Waals surface area contributed by atoms with Gasteiger partial charge in [-0.2, -0.15) is 0 Å². The average Bonchev–Trinajstić information content (AvgIpc) is 3.72. The average molecular weight is 661 g/mol. The third-order valence-electron chi connectivity index (χ3n) is 7.60. The minimum absolute atomic E-state index is 0.00542. The number of hydrogen-bond acceptors (Lipinski definition) is 10. The number of carbonyl (C=O) groups excluding carboxylic acids is 4. The van der Waals surface area contributed by atoms with Crippen LogP contribution in [0, 0.1) is 19.8 Å². The van der Waals surface area contributed by atoms with Gasteiger partial charge in [0.25, 0.3) is 17.7 Å². The molecular formula is C32H36N8O4S2. The summed E-state index contributed by atoms with van der Waals surface area (Å²) in [5, 5.41) is 13.5. The number of hydrogen-bond donors (Lipinski definition) is 3. The number of aryl methyl sites for hydroxylation is 2. The van der Waals surface area contributed by atoms with Gasteiger partial charge in [0.15, 0.2) is 0 Å². The van der Waals surface area contributed by atoms with E-state index in [0.29, 0.717) is 39.8 Å². The molecule has 1 aliphatic heterocycles. The number of rotatable bonds is 4. The van der Waals surface area contributed by atoms with Gasteiger partial charge in [-0.05, 0) is 38.2 Å². The second-order valence-corrected chi connectivity index (χ2v) is 13.2. The van der Waals surface area contributed by atoms with Crippen LogP contribution >= 0.6 is 22.7 Å². The predicted molar refractivity (Wildman–Crippen MR) is 175 cm³/mol. The molecule has 1 aromatic carbocycles. The zero-order valence-corrected chi connectivity index (χ0v) is 27.7. The van der Waals surface area contributed by atoms with Crippen molar-refractivity contribution in [1.29, 1.82) is 0 Å². The van der Waals surface area contributed by atoms with Gasteiger partial charge < -0.3 is 20.9 Å². The van der Waals surface area contributed by atoms with E-state index in [0.717, 1.165) is 5.56 Å². The second-order valence-electron chi connectivity index (χ2n) is 11.4. The number of nitrogens with zero attached hydrogens (tertiary/aromatic N) is 5. The maximum absolute atomic E-state index is 13.8. The van der Waals surface area contributed by atoms with Gasteiger partial charge in [0, 0.05) is 23.8 Å². The van der Waals surface area contributed by atoms with Gasteiger partial charge in [-0.15, -0.1) is 22.7 Å². The molecule has 0 unspecified atom stereocenters. The van der Waals surface area contributed by atoms with E-state index in [9.17, 15) is 19.2 Å². The highest BCUT2D eigenvalue weighted by molar-refractivity contribution is 7.10. The van der Waals surface area contributed by atoms with Crippen LogP contribution < -0.4 is 16.0 Å². The van der Waals surface area contributed by atoms with E-state index in [2.05, 4.69) is 35.9 Å². The number of amides is 4. The maximum atomic E-state index is 13.8. The van der Waals surface area contributed by atoms with Gasteiger partial charge in [-0.3, -0.25) is 19.2 Å². The quantitative estimate of drug-likeness (QED) is 0.298. The van der Waals surface area contributed by atoms with E-state index in [-0.39, 0.29) is 60.6 Å². The Morgan fingerprint density at radius 1 is 0.935 bits per heavy atom. The Morgan fingerprint density at radius 3 is 2.28 bits per heavy atom. The standard InChI is InChI=1S/C32H36N8O4S2/c1-18(2)27-31-38-23(15-46-31)28(42)33-11-8-12-40(32(44)26-19(3)34-17-35-20(26)4)14-25(41)36-22(13-21-9-6-5-7-10-21)30-37-24(16-45-30)29(43)39-27/h5-7,9-10,15-18,22,27H,8,11-14H2,1-4H3,(H,33,42)(H,36,41)(H,39,43)/t22-,27-/m0/s1. The molecule has 46 heavy (non-hydrogen) atoms. The van der Waals surface area contributed by atoms with Crippen molar-refractivity contribution < 1.29 is 19.2 Å². The number of benzene rings is 1. The Bertz CT molecular complexity index is 1700.